The number of hydrogen-bond acceptors (Lipinski definition) is 5. The second kappa shape index (κ2) is 9.64. The third kappa shape index (κ3) is 4.96. The van der Waals surface area contributed by atoms with Gasteiger partial charge in [-0.25, -0.2) is 9.67 Å². The van der Waals surface area contributed by atoms with E-state index < -0.39 is 0 Å². The third-order valence-corrected chi connectivity index (χ3v) is 5.59. The average molecular weight is 433 g/mol. The molecule has 2 amide bonds. The Morgan fingerprint density at radius 2 is 1.94 bits per heavy atom. The highest BCUT2D eigenvalue weighted by molar-refractivity contribution is 5.96. The van der Waals surface area contributed by atoms with Gasteiger partial charge in [-0.2, -0.15) is 5.10 Å². The Kier molecular flexibility index (Phi) is 6.49. The van der Waals surface area contributed by atoms with Crippen LogP contribution in [0.3, 0.4) is 0 Å². The molecule has 3 heterocycles. The lowest BCUT2D eigenvalue weighted by atomic mass is 10.2. The minimum absolute atomic E-state index is 0.141. The van der Waals surface area contributed by atoms with E-state index in [0.29, 0.717) is 17.1 Å². The molecule has 8 nitrogen and oxygen atoms in total. The van der Waals surface area contributed by atoms with E-state index in [9.17, 15) is 9.59 Å². The van der Waals surface area contributed by atoms with E-state index in [1.807, 2.05) is 50.2 Å². The molecule has 4 rings (SSSR count). The number of rotatable bonds is 7. The van der Waals surface area contributed by atoms with Gasteiger partial charge in [-0.3, -0.25) is 9.59 Å². The molecule has 32 heavy (non-hydrogen) atoms. The lowest BCUT2D eigenvalue weighted by Crippen LogP contribution is -2.35. The van der Waals surface area contributed by atoms with Gasteiger partial charge in [0.1, 0.15) is 0 Å². The van der Waals surface area contributed by atoms with Crippen molar-refractivity contribution in [2.75, 3.05) is 23.3 Å². The van der Waals surface area contributed by atoms with E-state index in [0.717, 1.165) is 24.5 Å². The zero-order valence-electron chi connectivity index (χ0n) is 18.4. The first kappa shape index (κ1) is 21.5. The molecule has 1 unspecified atom stereocenters. The number of carbonyl (C=O) groups excluding carboxylic acids is 2. The van der Waals surface area contributed by atoms with Crippen LogP contribution in [-0.2, 0) is 4.79 Å². The fraction of sp³-hybridized carbons (Fsp3) is 0.333. The fourth-order valence-corrected chi connectivity index (χ4v) is 3.94. The van der Waals surface area contributed by atoms with Gasteiger partial charge in [-0.15, -0.1) is 0 Å². The zero-order chi connectivity index (χ0) is 22.5. The molecule has 1 saturated heterocycles. The molecule has 8 heteroatoms. The first-order valence-corrected chi connectivity index (χ1v) is 10.9. The van der Waals surface area contributed by atoms with Crippen LogP contribution >= 0.6 is 0 Å². The van der Waals surface area contributed by atoms with Crippen LogP contribution in [0.4, 0.5) is 11.4 Å². The van der Waals surface area contributed by atoms with Gasteiger partial charge in [0, 0.05) is 43.1 Å². The molecule has 1 aliphatic heterocycles. The van der Waals surface area contributed by atoms with Gasteiger partial charge in [0.2, 0.25) is 5.91 Å². The Morgan fingerprint density at radius 3 is 2.69 bits per heavy atom. The molecular weight excluding hydrogens is 404 g/mol. The molecule has 1 aliphatic rings. The summed E-state index contributed by atoms with van der Waals surface area (Å²) in [4.78, 5) is 31.9. The maximum Gasteiger partial charge on any atom is 0.254 e. The summed E-state index contributed by atoms with van der Waals surface area (Å²) in [5.74, 6) is 0.242. The quantitative estimate of drug-likeness (QED) is 0.598. The fourth-order valence-electron chi connectivity index (χ4n) is 3.94. The zero-order valence-corrected chi connectivity index (χ0v) is 18.4. The van der Waals surface area contributed by atoms with Crippen molar-refractivity contribution < 1.29 is 9.59 Å². The molecule has 0 spiro atoms. The van der Waals surface area contributed by atoms with Crippen LogP contribution < -0.4 is 15.5 Å². The summed E-state index contributed by atoms with van der Waals surface area (Å²) in [5, 5.41) is 10.1. The third-order valence-electron chi connectivity index (χ3n) is 5.59. The molecule has 0 bridgehead atoms. The SMILES string of the molecule is Cc1c(C(=O)NC(C)CC(=O)Nc2cccc(N3CCCC3)c2)cnn1-c1ccccn1. The lowest BCUT2D eigenvalue weighted by Gasteiger charge is -2.19. The molecule has 2 N–H and O–H groups in total. The second-order valence-corrected chi connectivity index (χ2v) is 8.11. The standard InChI is InChI=1S/C24H28N6O2/c1-17(14-23(31)28-19-8-7-9-20(15-19)29-12-5-6-13-29)27-24(32)21-16-26-30(18(21)2)22-10-3-4-11-25-22/h3-4,7-11,15-17H,5-6,12-14H2,1-2H3,(H,27,32)(H,28,31). The van der Waals surface area contributed by atoms with E-state index in [4.69, 9.17) is 0 Å². The molecule has 2 aromatic heterocycles. The Morgan fingerprint density at radius 1 is 1.12 bits per heavy atom. The summed E-state index contributed by atoms with van der Waals surface area (Å²) in [5.41, 5.74) is 3.05. The van der Waals surface area contributed by atoms with Gasteiger partial charge in [-0.05, 0) is 57.0 Å². The molecule has 1 aromatic carbocycles. The van der Waals surface area contributed by atoms with Gasteiger partial charge in [0.05, 0.1) is 17.5 Å². The van der Waals surface area contributed by atoms with E-state index in [2.05, 4.69) is 31.7 Å². The van der Waals surface area contributed by atoms with Gasteiger partial charge >= 0.3 is 0 Å². The van der Waals surface area contributed by atoms with Crippen molar-refractivity contribution in [1.82, 2.24) is 20.1 Å². The highest BCUT2D eigenvalue weighted by Gasteiger charge is 2.19. The summed E-state index contributed by atoms with van der Waals surface area (Å²) in [6.07, 6.45) is 5.78. The van der Waals surface area contributed by atoms with Crippen LogP contribution in [-0.4, -0.2) is 45.7 Å². The first-order chi connectivity index (χ1) is 15.5. The maximum absolute atomic E-state index is 12.7. The number of benzene rings is 1. The summed E-state index contributed by atoms with van der Waals surface area (Å²) in [6, 6.07) is 13.1. The van der Waals surface area contributed by atoms with E-state index >= 15 is 0 Å². The summed E-state index contributed by atoms with van der Waals surface area (Å²) < 4.78 is 1.62. The molecule has 1 fully saturated rings. The van der Waals surface area contributed by atoms with Crippen LogP contribution in [0, 0.1) is 6.92 Å². The van der Waals surface area contributed by atoms with Crippen LogP contribution in [0.15, 0.2) is 54.9 Å². The smallest absolute Gasteiger partial charge is 0.254 e. The van der Waals surface area contributed by atoms with E-state index in [1.165, 1.54) is 19.0 Å². The number of hydrogen-bond donors (Lipinski definition) is 2. The van der Waals surface area contributed by atoms with Crippen LogP contribution in [0.1, 0.15) is 42.2 Å². The van der Waals surface area contributed by atoms with Crippen molar-refractivity contribution in [3.63, 3.8) is 0 Å². The monoisotopic (exact) mass is 432 g/mol. The van der Waals surface area contributed by atoms with Gasteiger partial charge in [-0.1, -0.05) is 12.1 Å². The molecular formula is C24H28N6O2. The minimum Gasteiger partial charge on any atom is -0.371 e. The van der Waals surface area contributed by atoms with Crippen molar-refractivity contribution in [2.45, 2.75) is 39.2 Å². The lowest BCUT2D eigenvalue weighted by molar-refractivity contribution is -0.116. The first-order valence-electron chi connectivity index (χ1n) is 10.9. The normalized spacial score (nSPS) is 14.2. The molecule has 0 aliphatic carbocycles. The molecule has 1 atom stereocenters. The maximum atomic E-state index is 12.7. The summed E-state index contributed by atoms with van der Waals surface area (Å²) in [6.45, 7) is 5.74. The molecule has 3 aromatic rings. The highest BCUT2D eigenvalue weighted by atomic mass is 16.2. The Balaban J connectivity index is 1.33. The van der Waals surface area contributed by atoms with Crippen molar-refractivity contribution in [3.05, 3.63) is 66.1 Å². The number of aromatic nitrogens is 3. The Hall–Kier alpha value is -3.68. The van der Waals surface area contributed by atoms with E-state index in [1.54, 1.807) is 10.9 Å². The number of nitrogens with one attached hydrogen (secondary N) is 2. The number of amides is 2. The topological polar surface area (TPSA) is 92.2 Å². The van der Waals surface area contributed by atoms with Crippen LogP contribution in [0.5, 0.6) is 0 Å². The van der Waals surface area contributed by atoms with Crippen molar-refractivity contribution >= 4 is 23.2 Å². The molecule has 0 saturated carbocycles. The average Bonchev–Trinajstić information content (AvgIpc) is 3.44. The number of nitrogens with zero attached hydrogens (tertiary/aromatic N) is 4. The predicted molar refractivity (Wildman–Crippen MR) is 124 cm³/mol. The Labute approximate surface area is 187 Å². The van der Waals surface area contributed by atoms with Crippen molar-refractivity contribution in [1.29, 1.82) is 0 Å². The van der Waals surface area contributed by atoms with Gasteiger partial charge in [0.25, 0.3) is 5.91 Å². The van der Waals surface area contributed by atoms with Crippen molar-refractivity contribution in [2.24, 2.45) is 0 Å². The van der Waals surface area contributed by atoms with Crippen LogP contribution in [0.25, 0.3) is 5.82 Å². The number of carbonyl (C=O) groups is 2. The predicted octanol–water partition coefficient (Wildman–Crippen LogP) is 3.32. The number of anilines is 2. The number of pyridine rings is 1. The largest absolute Gasteiger partial charge is 0.371 e. The molecule has 166 valence electrons. The summed E-state index contributed by atoms with van der Waals surface area (Å²) in [7, 11) is 0. The minimum atomic E-state index is -0.332. The second-order valence-electron chi connectivity index (χ2n) is 8.11. The van der Waals surface area contributed by atoms with Gasteiger partial charge < -0.3 is 15.5 Å². The van der Waals surface area contributed by atoms with E-state index in [-0.39, 0.29) is 24.3 Å². The van der Waals surface area contributed by atoms with Crippen LogP contribution in [0.2, 0.25) is 0 Å². The van der Waals surface area contributed by atoms with Gasteiger partial charge in [0.15, 0.2) is 5.82 Å². The molecule has 0 radical (unpaired) electrons. The van der Waals surface area contributed by atoms with Crippen molar-refractivity contribution in [3.8, 4) is 5.82 Å². The summed E-state index contributed by atoms with van der Waals surface area (Å²) >= 11 is 0. The Bertz CT molecular complexity index is 1090. The highest BCUT2D eigenvalue weighted by Crippen LogP contribution is 2.23.